The quantitative estimate of drug-likeness (QED) is 0.901. The molecule has 5 heteroatoms. The standard InChI is InChI=1S/C20H28N4O/c1-16-8-6-7-9-17(16)15-24(18-10-4-3-5-11-18)20(25)22-14-19-21-12-13-23(19)2/h6-9,12-13,18H,3-5,10-11,14-15H2,1-2H3,(H,22,25). The van der Waals surface area contributed by atoms with Crippen LogP contribution in [-0.4, -0.2) is 26.5 Å². The van der Waals surface area contributed by atoms with Crippen LogP contribution in [0.3, 0.4) is 0 Å². The fourth-order valence-electron chi connectivity index (χ4n) is 3.55. The van der Waals surface area contributed by atoms with Crippen molar-refractivity contribution in [2.75, 3.05) is 0 Å². The molecule has 0 bridgehead atoms. The van der Waals surface area contributed by atoms with Gasteiger partial charge in [-0.05, 0) is 30.9 Å². The fraction of sp³-hybridized carbons (Fsp3) is 0.500. The molecule has 1 fully saturated rings. The highest BCUT2D eigenvalue weighted by atomic mass is 16.2. The van der Waals surface area contributed by atoms with Crippen LogP contribution >= 0.6 is 0 Å². The lowest BCUT2D eigenvalue weighted by atomic mass is 9.93. The fourth-order valence-corrected chi connectivity index (χ4v) is 3.55. The van der Waals surface area contributed by atoms with Crippen molar-refractivity contribution in [3.05, 3.63) is 53.6 Å². The van der Waals surface area contributed by atoms with E-state index in [9.17, 15) is 4.79 Å². The Morgan fingerprint density at radius 2 is 2.04 bits per heavy atom. The van der Waals surface area contributed by atoms with Gasteiger partial charge in [-0.2, -0.15) is 0 Å². The Balaban J connectivity index is 1.72. The van der Waals surface area contributed by atoms with Crippen LogP contribution in [0.4, 0.5) is 4.79 Å². The Morgan fingerprint density at radius 3 is 2.72 bits per heavy atom. The smallest absolute Gasteiger partial charge is 0.318 e. The number of urea groups is 1. The van der Waals surface area contributed by atoms with Gasteiger partial charge in [-0.25, -0.2) is 9.78 Å². The summed E-state index contributed by atoms with van der Waals surface area (Å²) in [6.07, 6.45) is 9.55. The number of aryl methyl sites for hydroxylation is 2. The lowest BCUT2D eigenvalue weighted by Crippen LogP contribution is -2.46. The maximum Gasteiger partial charge on any atom is 0.318 e. The van der Waals surface area contributed by atoms with Crippen LogP contribution < -0.4 is 5.32 Å². The van der Waals surface area contributed by atoms with Crippen LogP contribution in [0, 0.1) is 6.92 Å². The molecule has 0 aliphatic heterocycles. The monoisotopic (exact) mass is 340 g/mol. The lowest BCUT2D eigenvalue weighted by Gasteiger charge is -2.34. The minimum Gasteiger partial charge on any atom is -0.337 e. The molecule has 1 aliphatic carbocycles. The van der Waals surface area contributed by atoms with Gasteiger partial charge in [0.2, 0.25) is 0 Å². The number of carbonyl (C=O) groups is 1. The summed E-state index contributed by atoms with van der Waals surface area (Å²) in [5, 5.41) is 3.07. The largest absolute Gasteiger partial charge is 0.337 e. The normalized spacial score (nSPS) is 15.1. The van der Waals surface area contributed by atoms with Gasteiger partial charge in [0, 0.05) is 32.0 Å². The average Bonchev–Trinajstić information content (AvgIpc) is 3.05. The summed E-state index contributed by atoms with van der Waals surface area (Å²) in [7, 11) is 1.95. The lowest BCUT2D eigenvalue weighted by molar-refractivity contribution is 0.150. The molecule has 1 aromatic heterocycles. The van der Waals surface area contributed by atoms with E-state index in [2.05, 4.69) is 29.4 Å². The van der Waals surface area contributed by atoms with E-state index >= 15 is 0 Å². The molecule has 1 heterocycles. The predicted octanol–water partition coefficient (Wildman–Crippen LogP) is 3.77. The molecule has 1 saturated carbocycles. The minimum absolute atomic E-state index is 0.0122. The van der Waals surface area contributed by atoms with Crippen molar-refractivity contribution in [1.29, 1.82) is 0 Å². The molecule has 0 spiro atoms. The summed E-state index contributed by atoms with van der Waals surface area (Å²) >= 11 is 0. The summed E-state index contributed by atoms with van der Waals surface area (Å²) < 4.78 is 1.94. The maximum atomic E-state index is 12.9. The molecule has 0 atom stereocenters. The van der Waals surface area contributed by atoms with Crippen molar-refractivity contribution >= 4 is 6.03 Å². The first-order valence-electron chi connectivity index (χ1n) is 9.20. The molecular weight excluding hydrogens is 312 g/mol. The molecule has 2 amide bonds. The van der Waals surface area contributed by atoms with Crippen molar-refractivity contribution in [1.82, 2.24) is 19.8 Å². The molecule has 0 saturated heterocycles. The Bertz CT molecular complexity index is 703. The van der Waals surface area contributed by atoms with Crippen molar-refractivity contribution < 1.29 is 4.79 Å². The molecule has 1 aliphatic rings. The molecule has 134 valence electrons. The van der Waals surface area contributed by atoms with Crippen LogP contribution in [-0.2, 0) is 20.1 Å². The van der Waals surface area contributed by atoms with Gasteiger partial charge in [-0.3, -0.25) is 0 Å². The molecule has 0 radical (unpaired) electrons. The zero-order valence-electron chi connectivity index (χ0n) is 15.2. The molecule has 2 aromatic rings. The highest BCUT2D eigenvalue weighted by molar-refractivity contribution is 5.74. The Labute approximate surface area is 150 Å². The Hall–Kier alpha value is -2.30. The van der Waals surface area contributed by atoms with E-state index in [0.29, 0.717) is 19.1 Å². The SMILES string of the molecule is Cc1ccccc1CN(C(=O)NCc1nccn1C)C1CCCCC1. The van der Waals surface area contributed by atoms with Crippen molar-refractivity contribution in [3.8, 4) is 0 Å². The number of aromatic nitrogens is 2. The summed E-state index contributed by atoms with van der Waals surface area (Å²) in [5.41, 5.74) is 2.46. The van der Waals surface area contributed by atoms with Gasteiger partial charge in [0.05, 0.1) is 6.54 Å². The molecule has 3 rings (SSSR count). The van der Waals surface area contributed by atoms with E-state index in [-0.39, 0.29) is 6.03 Å². The van der Waals surface area contributed by atoms with Gasteiger partial charge in [0.15, 0.2) is 0 Å². The van der Waals surface area contributed by atoms with Gasteiger partial charge in [-0.1, -0.05) is 43.5 Å². The zero-order chi connectivity index (χ0) is 17.6. The number of imidazole rings is 1. The van der Waals surface area contributed by atoms with Crippen LogP contribution in [0.5, 0.6) is 0 Å². The zero-order valence-corrected chi connectivity index (χ0v) is 15.2. The number of hydrogen-bond acceptors (Lipinski definition) is 2. The molecule has 0 unspecified atom stereocenters. The number of benzene rings is 1. The molecule has 25 heavy (non-hydrogen) atoms. The van der Waals surface area contributed by atoms with E-state index in [1.54, 1.807) is 6.20 Å². The van der Waals surface area contributed by atoms with Crippen molar-refractivity contribution in [3.63, 3.8) is 0 Å². The molecule has 1 aromatic carbocycles. The first-order chi connectivity index (χ1) is 12.1. The third-order valence-corrected chi connectivity index (χ3v) is 5.20. The first kappa shape index (κ1) is 17.5. The Kier molecular flexibility index (Phi) is 5.74. The van der Waals surface area contributed by atoms with Crippen molar-refractivity contribution in [2.24, 2.45) is 7.05 Å². The first-order valence-corrected chi connectivity index (χ1v) is 9.20. The highest BCUT2D eigenvalue weighted by Gasteiger charge is 2.26. The summed E-state index contributed by atoms with van der Waals surface area (Å²) in [6.45, 7) is 3.24. The summed E-state index contributed by atoms with van der Waals surface area (Å²) in [6, 6.07) is 8.67. The van der Waals surface area contributed by atoms with Crippen LogP contribution in [0.2, 0.25) is 0 Å². The van der Waals surface area contributed by atoms with Crippen LogP contribution in [0.25, 0.3) is 0 Å². The second-order valence-electron chi connectivity index (χ2n) is 6.96. The topological polar surface area (TPSA) is 50.2 Å². The second-order valence-corrected chi connectivity index (χ2v) is 6.96. The van der Waals surface area contributed by atoms with E-state index in [0.717, 1.165) is 18.7 Å². The van der Waals surface area contributed by atoms with Gasteiger partial charge in [-0.15, -0.1) is 0 Å². The third kappa shape index (κ3) is 4.41. The van der Waals surface area contributed by atoms with E-state index in [4.69, 9.17) is 0 Å². The number of hydrogen-bond donors (Lipinski definition) is 1. The second kappa shape index (κ2) is 8.19. The highest BCUT2D eigenvalue weighted by Crippen LogP contribution is 2.25. The van der Waals surface area contributed by atoms with Crippen molar-refractivity contribution in [2.45, 2.75) is 58.2 Å². The Morgan fingerprint density at radius 1 is 1.28 bits per heavy atom. The summed E-state index contributed by atoms with van der Waals surface area (Å²) in [4.78, 5) is 19.3. The number of carbonyl (C=O) groups excluding carboxylic acids is 1. The van der Waals surface area contributed by atoms with E-state index in [1.807, 2.05) is 34.8 Å². The van der Waals surface area contributed by atoms with Gasteiger partial charge in [0.1, 0.15) is 5.82 Å². The molecule has 5 nitrogen and oxygen atoms in total. The number of amides is 2. The summed E-state index contributed by atoms with van der Waals surface area (Å²) in [5.74, 6) is 0.868. The van der Waals surface area contributed by atoms with Crippen LogP contribution in [0.15, 0.2) is 36.7 Å². The minimum atomic E-state index is 0.0122. The molecular formula is C20H28N4O. The molecule has 1 N–H and O–H groups in total. The maximum absolute atomic E-state index is 12.9. The average molecular weight is 340 g/mol. The van der Waals surface area contributed by atoms with Crippen LogP contribution in [0.1, 0.15) is 49.1 Å². The van der Waals surface area contributed by atoms with E-state index in [1.165, 1.54) is 30.4 Å². The number of rotatable bonds is 5. The van der Waals surface area contributed by atoms with Gasteiger partial charge < -0.3 is 14.8 Å². The van der Waals surface area contributed by atoms with E-state index < -0.39 is 0 Å². The van der Waals surface area contributed by atoms with Gasteiger partial charge in [0.25, 0.3) is 0 Å². The number of nitrogens with one attached hydrogen (secondary N) is 1. The number of nitrogens with zero attached hydrogens (tertiary/aromatic N) is 3. The third-order valence-electron chi connectivity index (χ3n) is 5.20. The van der Waals surface area contributed by atoms with Gasteiger partial charge >= 0.3 is 6.03 Å². The predicted molar refractivity (Wildman–Crippen MR) is 99.0 cm³/mol.